The third-order valence-electron chi connectivity index (χ3n) is 3.77. The van der Waals surface area contributed by atoms with Crippen LogP contribution in [0.4, 0.5) is 5.82 Å². The van der Waals surface area contributed by atoms with Crippen LogP contribution >= 0.6 is 0 Å². The molecule has 0 unspecified atom stereocenters. The Labute approximate surface area is 151 Å². The second-order valence-electron chi connectivity index (χ2n) is 5.51. The number of methoxy groups -OCH3 is 1. The van der Waals surface area contributed by atoms with Crippen molar-refractivity contribution in [3.63, 3.8) is 0 Å². The van der Waals surface area contributed by atoms with Crippen molar-refractivity contribution in [2.75, 3.05) is 58.5 Å². The quantitative estimate of drug-likeness (QED) is 0.339. The largest absolute Gasteiger partial charge is 0.382 e. The molecule has 0 atom stereocenters. The van der Waals surface area contributed by atoms with E-state index < -0.39 is 0 Å². The Bertz CT molecular complexity index is 475. The molecule has 0 amide bonds. The molecule has 0 aliphatic heterocycles. The van der Waals surface area contributed by atoms with Gasteiger partial charge in [-0.1, -0.05) is 6.07 Å². The molecule has 2 N–H and O–H groups in total. The van der Waals surface area contributed by atoms with E-state index in [2.05, 4.69) is 51.5 Å². The van der Waals surface area contributed by atoms with E-state index in [-0.39, 0.29) is 0 Å². The van der Waals surface area contributed by atoms with E-state index in [1.165, 1.54) is 0 Å². The third kappa shape index (κ3) is 8.69. The van der Waals surface area contributed by atoms with Crippen molar-refractivity contribution in [2.45, 2.75) is 26.8 Å². The lowest BCUT2D eigenvalue weighted by Gasteiger charge is -2.19. The lowest BCUT2D eigenvalue weighted by molar-refractivity contribution is 0.0698. The molecule has 7 nitrogen and oxygen atoms in total. The van der Waals surface area contributed by atoms with E-state index in [1.807, 2.05) is 6.20 Å². The molecule has 0 spiro atoms. The topological polar surface area (TPSA) is 71.0 Å². The number of aliphatic imine (C=N–C) groups is 1. The summed E-state index contributed by atoms with van der Waals surface area (Å²) in [5.41, 5.74) is 1.13. The number of anilines is 1. The van der Waals surface area contributed by atoms with Crippen molar-refractivity contribution < 1.29 is 9.47 Å². The van der Waals surface area contributed by atoms with Gasteiger partial charge in [-0.15, -0.1) is 0 Å². The Balaban J connectivity index is 2.28. The molecule has 1 aromatic rings. The Morgan fingerprint density at radius 3 is 2.56 bits per heavy atom. The predicted octanol–water partition coefficient (Wildman–Crippen LogP) is 1.65. The van der Waals surface area contributed by atoms with Crippen molar-refractivity contribution in [3.8, 4) is 0 Å². The lowest BCUT2D eigenvalue weighted by atomic mass is 10.2. The molecule has 1 aromatic heterocycles. The SMILES string of the molecule is CCN(CC)c1ccc(CNC(=NC)NCCCOCCOC)cn1. The molecule has 0 saturated carbocycles. The molecule has 0 fully saturated rings. The fraction of sp³-hybridized carbons (Fsp3) is 0.667. The highest BCUT2D eigenvalue weighted by atomic mass is 16.5. The number of aromatic nitrogens is 1. The normalized spacial score (nSPS) is 11.4. The molecule has 7 heteroatoms. The van der Waals surface area contributed by atoms with Gasteiger partial charge in [0.2, 0.25) is 0 Å². The number of nitrogens with zero attached hydrogens (tertiary/aromatic N) is 3. The minimum Gasteiger partial charge on any atom is -0.382 e. The zero-order valence-electron chi connectivity index (χ0n) is 16.0. The van der Waals surface area contributed by atoms with E-state index >= 15 is 0 Å². The minimum absolute atomic E-state index is 0.637. The molecule has 25 heavy (non-hydrogen) atoms. The monoisotopic (exact) mass is 351 g/mol. The van der Waals surface area contributed by atoms with E-state index in [9.17, 15) is 0 Å². The third-order valence-corrected chi connectivity index (χ3v) is 3.77. The first kappa shape index (κ1) is 21.2. The molecule has 142 valence electrons. The summed E-state index contributed by atoms with van der Waals surface area (Å²) < 4.78 is 10.4. The highest BCUT2D eigenvalue weighted by Gasteiger charge is 2.03. The van der Waals surface area contributed by atoms with Gasteiger partial charge in [-0.25, -0.2) is 4.98 Å². The second-order valence-corrected chi connectivity index (χ2v) is 5.51. The predicted molar refractivity (Wildman–Crippen MR) is 103 cm³/mol. The van der Waals surface area contributed by atoms with Crippen molar-refractivity contribution in [3.05, 3.63) is 23.9 Å². The maximum absolute atomic E-state index is 5.43. The first-order chi connectivity index (χ1) is 12.2. The molecule has 1 rings (SSSR count). The maximum atomic E-state index is 5.43. The summed E-state index contributed by atoms with van der Waals surface area (Å²) >= 11 is 0. The van der Waals surface area contributed by atoms with Crippen LogP contribution in [0.25, 0.3) is 0 Å². The van der Waals surface area contributed by atoms with Crippen molar-refractivity contribution in [1.29, 1.82) is 0 Å². The van der Waals surface area contributed by atoms with E-state index in [0.717, 1.165) is 43.4 Å². The van der Waals surface area contributed by atoms with Gasteiger partial charge in [0.25, 0.3) is 0 Å². The van der Waals surface area contributed by atoms with Gasteiger partial charge < -0.3 is 25.0 Å². The Morgan fingerprint density at radius 1 is 1.16 bits per heavy atom. The summed E-state index contributed by atoms with van der Waals surface area (Å²) in [5, 5.41) is 6.58. The highest BCUT2D eigenvalue weighted by molar-refractivity contribution is 5.79. The number of hydrogen-bond acceptors (Lipinski definition) is 5. The van der Waals surface area contributed by atoms with Gasteiger partial charge in [0.1, 0.15) is 5.82 Å². The van der Waals surface area contributed by atoms with Gasteiger partial charge in [-0.3, -0.25) is 4.99 Å². The van der Waals surface area contributed by atoms with Crippen LogP contribution in [-0.2, 0) is 16.0 Å². The smallest absolute Gasteiger partial charge is 0.191 e. The van der Waals surface area contributed by atoms with Gasteiger partial charge in [-0.2, -0.15) is 0 Å². The minimum atomic E-state index is 0.637. The number of guanidine groups is 1. The molecular weight excluding hydrogens is 318 g/mol. The number of rotatable bonds is 12. The summed E-state index contributed by atoms with van der Waals surface area (Å²) in [5.74, 6) is 1.80. The number of nitrogens with one attached hydrogen (secondary N) is 2. The molecular formula is C18H33N5O2. The summed E-state index contributed by atoms with van der Waals surface area (Å²) in [6, 6.07) is 4.17. The average molecular weight is 351 g/mol. The first-order valence-corrected chi connectivity index (χ1v) is 8.96. The second kappa shape index (κ2) is 13.4. The van der Waals surface area contributed by atoms with Crippen molar-refractivity contribution in [2.24, 2.45) is 4.99 Å². The molecule has 0 bridgehead atoms. The van der Waals surface area contributed by atoms with Crippen LogP contribution in [0.1, 0.15) is 25.8 Å². The highest BCUT2D eigenvalue weighted by Crippen LogP contribution is 2.10. The van der Waals surface area contributed by atoms with Crippen LogP contribution in [0.3, 0.4) is 0 Å². The van der Waals surface area contributed by atoms with Crippen molar-refractivity contribution >= 4 is 11.8 Å². The van der Waals surface area contributed by atoms with Crippen LogP contribution in [0.2, 0.25) is 0 Å². The number of hydrogen-bond donors (Lipinski definition) is 2. The summed E-state index contributed by atoms with van der Waals surface area (Å²) in [6.07, 6.45) is 2.84. The molecule has 0 aliphatic rings. The average Bonchev–Trinajstić information content (AvgIpc) is 2.65. The van der Waals surface area contributed by atoms with Crippen LogP contribution in [-0.4, -0.2) is 64.6 Å². The lowest BCUT2D eigenvalue weighted by Crippen LogP contribution is -2.37. The molecule has 0 aromatic carbocycles. The van der Waals surface area contributed by atoms with Crippen LogP contribution in [0, 0.1) is 0 Å². The van der Waals surface area contributed by atoms with E-state index in [0.29, 0.717) is 26.4 Å². The fourth-order valence-corrected chi connectivity index (χ4v) is 2.29. The van der Waals surface area contributed by atoms with Crippen LogP contribution in [0.15, 0.2) is 23.3 Å². The Kier molecular flexibility index (Phi) is 11.4. The molecule has 1 heterocycles. The van der Waals surface area contributed by atoms with Gasteiger partial charge in [0.15, 0.2) is 5.96 Å². The summed E-state index contributed by atoms with van der Waals surface area (Å²) in [7, 11) is 3.44. The van der Waals surface area contributed by atoms with Crippen LogP contribution < -0.4 is 15.5 Å². The standard InChI is InChI=1S/C18H33N5O2/c1-5-23(6-2)17-9-8-16(14-21-17)15-22-18(19-3)20-10-7-11-25-13-12-24-4/h8-9,14H,5-7,10-13,15H2,1-4H3,(H2,19,20,22). The molecule has 0 radical (unpaired) electrons. The van der Waals surface area contributed by atoms with Gasteiger partial charge >= 0.3 is 0 Å². The molecule has 0 saturated heterocycles. The zero-order valence-corrected chi connectivity index (χ0v) is 16.0. The maximum Gasteiger partial charge on any atom is 0.191 e. The Morgan fingerprint density at radius 2 is 1.96 bits per heavy atom. The first-order valence-electron chi connectivity index (χ1n) is 8.96. The number of ether oxygens (including phenoxy) is 2. The summed E-state index contributed by atoms with van der Waals surface area (Å²) in [6.45, 7) is 9.70. The molecule has 0 aliphatic carbocycles. The van der Waals surface area contributed by atoms with E-state index in [1.54, 1.807) is 14.2 Å². The van der Waals surface area contributed by atoms with Crippen molar-refractivity contribution in [1.82, 2.24) is 15.6 Å². The van der Waals surface area contributed by atoms with Gasteiger partial charge in [0, 0.05) is 53.1 Å². The van der Waals surface area contributed by atoms with E-state index in [4.69, 9.17) is 9.47 Å². The summed E-state index contributed by atoms with van der Waals surface area (Å²) in [4.78, 5) is 11.0. The van der Waals surface area contributed by atoms with Gasteiger partial charge in [-0.05, 0) is 31.9 Å². The number of pyridine rings is 1. The fourth-order valence-electron chi connectivity index (χ4n) is 2.29. The zero-order chi connectivity index (χ0) is 18.3. The Hall–Kier alpha value is -1.86. The van der Waals surface area contributed by atoms with Gasteiger partial charge in [0.05, 0.1) is 13.2 Å². The van der Waals surface area contributed by atoms with Crippen LogP contribution in [0.5, 0.6) is 0 Å².